The summed E-state index contributed by atoms with van der Waals surface area (Å²) in [7, 11) is 4.06. The lowest BCUT2D eigenvalue weighted by Gasteiger charge is -2.34. The number of nitrogens with zero attached hydrogens (tertiary/aromatic N) is 3. The Balaban J connectivity index is 0.00000180. The first kappa shape index (κ1) is 17.0. The zero-order chi connectivity index (χ0) is 13.0. The summed E-state index contributed by atoms with van der Waals surface area (Å²) in [5.74, 6) is 1.07. The van der Waals surface area contributed by atoms with Crippen molar-refractivity contribution in [3.8, 4) is 0 Å². The van der Waals surface area contributed by atoms with Crippen molar-refractivity contribution in [1.82, 2.24) is 15.1 Å². The van der Waals surface area contributed by atoms with Gasteiger partial charge in [-0.15, -0.1) is 24.0 Å². The summed E-state index contributed by atoms with van der Waals surface area (Å²) in [5, 5.41) is 3.57. The molecule has 112 valence electrons. The molecule has 4 nitrogen and oxygen atoms in total. The molecule has 1 aliphatic carbocycles. The first-order chi connectivity index (χ1) is 8.74. The topological polar surface area (TPSA) is 30.9 Å². The van der Waals surface area contributed by atoms with E-state index in [9.17, 15) is 0 Å². The molecule has 2 aliphatic rings. The van der Waals surface area contributed by atoms with Gasteiger partial charge in [-0.05, 0) is 45.2 Å². The van der Waals surface area contributed by atoms with Gasteiger partial charge in [0.25, 0.3) is 0 Å². The van der Waals surface area contributed by atoms with Gasteiger partial charge in [0.1, 0.15) is 0 Å². The number of nitrogens with one attached hydrogen (secondary N) is 1. The molecule has 0 aromatic rings. The third kappa shape index (κ3) is 4.48. The third-order valence-corrected chi connectivity index (χ3v) is 4.40. The molecule has 0 radical (unpaired) electrons. The number of likely N-dealkylation sites (tertiary alicyclic amines) is 1. The molecule has 1 saturated heterocycles. The van der Waals surface area contributed by atoms with Crippen LogP contribution in [0.2, 0.25) is 0 Å². The average Bonchev–Trinajstić information content (AvgIpc) is 2.75. The van der Waals surface area contributed by atoms with Crippen LogP contribution in [0, 0.1) is 0 Å². The highest BCUT2D eigenvalue weighted by atomic mass is 127. The maximum absolute atomic E-state index is 4.42. The summed E-state index contributed by atoms with van der Waals surface area (Å²) >= 11 is 0. The van der Waals surface area contributed by atoms with Crippen LogP contribution in [0.25, 0.3) is 0 Å². The normalized spacial score (nSPS) is 24.8. The van der Waals surface area contributed by atoms with Crippen molar-refractivity contribution in [2.24, 2.45) is 4.99 Å². The molecule has 1 N–H and O–H groups in total. The monoisotopic (exact) mass is 380 g/mol. The van der Waals surface area contributed by atoms with E-state index in [2.05, 4.69) is 34.1 Å². The second kappa shape index (κ2) is 8.29. The van der Waals surface area contributed by atoms with Gasteiger partial charge in [0, 0.05) is 32.7 Å². The van der Waals surface area contributed by atoms with Gasteiger partial charge in [0.15, 0.2) is 5.96 Å². The Hall–Kier alpha value is -0.0400. The smallest absolute Gasteiger partial charge is 0.193 e. The van der Waals surface area contributed by atoms with E-state index in [0.717, 1.165) is 12.5 Å². The van der Waals surface area contributed by atoms with Gasteiger partial charge >= 0.3 is 0 Å². The Kier molecular flexibility index (Phi) is 7.42. The molecular formula is C14H29IN4. The van der Waals surface area contributed by atoms with Crippen molar-refractivity contribution in [3.63, 3.8) is 0 Å². The Labute approximate surface area is 135 Å². The van der Waals surface area contributed by atoms with E-state index in [4.69, 9.17) is 0 Å². The molecule has 0 amide bonds. The summed E-state index contributed by atoms with van der Waals surface area (Å²) in [5.41, 5.74) is 0. The largest absolute Gasteiger partial charge is 0.354 e. The van der Waals surface area contributed by atoms with Gasteiger partial charge in [0.2, 0.25) is 0 Å². The van der Waals surface area contributed by atoms with E-state index < -0.39 is 0 Å². The molecule has 1 atom stereocenters. The molecule has 0 aromatic heterocycles. The quantitative estimate of drug-likeness (QED) is 0.461. The standard InChI is InChI=1S/C14H28N4.HI/c1-4-18-10-6-9-13(18)11-17(3)14(15-2)16-12-7-5-8-12;/h12-13H,4-11H2,1-3H3,(H,15,16);1H. The molecule has 0 aromatic carbocycles. The lowest BCUT2D eigenvalue weighted by Crippen LogP contribution is -2.50. The molecule has 5 heteroatoms. The second-order valence-corrected chi connectivity index (χ2v) is 5.62. The first-order valence-electron chi connectivity index (χ1n) is 7.43. The minimum Gasteiger partial charge on any atom is -0.354 e. The molecule has 1 unspecified atom stereocenters. The van der Waals surface area contributed by atoms with E-state index in [0.29, 0.717) is 12.1 Å². The third-order valence-electron chi connectivity index (χ3n) is 4.40. The molecule has 1 saturated carbocycles. The fourth-order valence-corrected chi connectivity index (χ4v) is 3.00. The molecule has 1 heterocycles. The Morgan fingerprint density at radius 3 is 2.58 bits per heavy atom. The highest BCUT2D eigenvalue weighted by Crippen LogP contribution is 2.19. The van der Waals surface area contributed by atoms with Crippen molar-refractivity contribution in [3.05, 3.63) is 0 Å². The molecule has 1 aliphatic heterocycles. The minimum absolute atomic E-state index is 0. The maximum Gasteiger partial charge on any atom is 0.193 e. The van der Waals surface area contributed by atoms with Crippen molar-refractivity contribution < 1.29 is 0 Å². The van der Waals surface area contributed by atoms with Crippen molar-refractivity contribution >= 4 is 29.9 Å². The number of likely N-dealkylation sites (N-methyl/N-ethyl adjacent to an activating group) is 2. The lowest BCUT2D eigenvalue weighted by molar-refractivity contribution is 0.230. The molecule has 0 bridgehead atoms. The maximum atomic E-state index is 4.42. The number of hydrogen-bond donors (Lipinski definition) is 1. The van der Waals surface area contributed by atoms with E-state index in [-0.39, 0.29) is 24.0 Å². The molecule has 19 heavy (non-hydrogen) atoms. The Morgan fingerprint density at radius 2 is 2.05 bits per heavy atom. The predicted octanol–water partition coefficient (Wildman–Crippen LogP) is 2.15. The highest BCUT2D eigenvalue weighted by molar-refractivity contribution is 14.0. The van der Waals surface area contributed by atoms with Gasteiger partial charge in [0.05, 0.1) is 0 Å². The van der Waals surface area contributed by atoms with Crippen LogP contribution < -0.4 is 5.32 Å². The van der Waals surface area contributed by atoms with Crippen molar-refractivity contribution in [2.75, 3.05) is 33.7 Å². The zero-order valence-electron chi connectivity index (χ0n) is 12.6. The van der Waals surface area contributed by atoms with Gasteiger partial charge in [-0.1, -0.05) is 6.92 Å². The summed E-state index contributed by atoms with van der Waals surface area (Å²) in [6.07, 6.45) is 6.65. The van der Waals surface area contributed by atoms with Gasteiger partial charge in [-0.25, -0.2) is 0 Å². The Morgan fingerprint density at radius 1 is 1.32 bits per heavy atom. The van der Waals surface area contributed by atoms with Crippen LogP contribution in [0.4, 0.5) is 0 Å². The SMILES string of the molecule is CCN1CCCC1CN(C)C(=NC)NC1CCC1.I. The summed E-state index contributed by atoms with van der Waals surface area (Å²) in [6, 6.07) is 1.37. The first-order valence-corrected chi connectivity index (χ1v) is 7.43. The summed E-state index contributed by atoms with van der Waals surface area (Å²) in [4.78, 5) is 9.31. The van der Waals surface area contributed by atoms with E-state index >= 15 is 0 Å². The molecular weight excluding hydrogens is 351 g/mol. The molecule has 2 rings (SSSR count). The number of hydrogen-bond acceptors (Lipinski definition) is 2. The van der Waals surface area contributed by atoms with Gasteiger partial charge in [-0.2, -0.15) is 0 Å². The lowest BCUT2D eigenvalue weighted by atomic mass is 9.93. The molecule has 2 fully saturated rings. The van der Waals surface area contributed by atoms with E-state index in [1.807, 2.05) is 7.05 Å². The summed E-state index contributed by atoms with van der Waals surface area (Å²) in [6.45, 7) is 5.80. The number of guanidine groups is 1. The van der Waals surface area contributed by atoms with Crippen LogP contribution in [0.15, 0.2) is 4.99 Å². The van der Waals surface area contributed by atoms with Crippen LogP contribution in [-0.4, -0.2) is 61.6 Å². The van der Waals surface area contributed by atoms with Crippen molar-refractivity contribution in [1.29, 1.82) is 0 Å². The van der Waals surface area contributed by atoms with Gasteiger partial charge in [-0.3, -0.25) is 9.89 Å². The second-order valence-electron chi connectivity index (χ2n) is 5.62. The average molecular weight is 380 g/mol. The van der Waals surface area contributed by atoms with Crippen LogP contribution in [-0.2, 0) is 0 Å². The fourth-order valence-electron chi connectivity index (χ4n) is 3.00. The van der Waals surface area contributed by atoms with Crippen LogP contribution in [0.5, 0.6) is 0 Å². The van der Waals surface area contributed by atoms with E-state index in [1.165, 1.54) is 45.2 Å². The van der Waals surface area contributed by atoms with Crippen LogP contribution in [0.3, 0.4) is 0 Å². The van der Waals surface area contributed by atoms with Crippen molar-refractivity contribution in [2.45, 2.75) is 51.1 Å². The number of aliphatic imine (C=N–C) groups is 1. The number of rotatable bonds is 4. The van der Waals surface area contributed by atoms with Crippen LogP contribution >= 0.6 is 24.0 Å². The predicted molar refractivity (Wildman–Crippen MR) is 92.4 cm³/mol. The fraction of sp³-hybridized carbons (Fsp3) is 0.929. The van der Waals surface area contributed by atoms with Gasteiger partial charge < -0.3 is 10.2 Å². The minimum atomic E-state index is 0. The Bertz CT molecular complexity index is 291. The van der Waals surface area contributed by atoms with E-state index in [1.54, 1.807) is 0 Å². The molecule has 0 spiro atoms. The zero-order valence-corrected chi connectivity index (χ0v) is 14.9. The number of halogens is 1. The van der Waals surface area contributed by atoms with Crippen LogP contribution in [0.1, 0.15) is 39.0 Å². The highest BCUT2D eigenvalue weighted by Gasteiger charge is 2.26. The summed E-state index contributed by atoms with van der Waals surface area (Å²) < 4.78 is 0.